The Labute approximate surface area is 122 Å². The van der Waals surface area contributed by atoms with Crippen molar-refractivity contribution in [1.29, 1.82) is 5.26 Å². The Morgan fingerprint density at radius 1 is 1.43 bits per heavy atom. The van der Waals surface area contributed by atoms with E-state index in [0.29, 0.717) is 17.0 Å². The summed E-state index contributed by atoms with van der Waals surface area (Å²) in [6.07, 6.45) is 0. The van der Waals surface area contributed by atoms with E-state index in [0.717, 1.165) is 4.90 Å². The molecule has 0 saturated carbocycles. The van der Waals surface area contributed by atoms with Gasteiger partial charge < -0.3 is 20.1 Å². The first-order chi connectivity index (χ1) is 9.73. The predicted octanol–water partition coefficient (Wildman–Crippen LogP) is 1.89. The summed E-state index contributed by atoms with van der Waals surface area (Å²) in [7, 11) is 2.80. The molecule has 2 amide bonds. The third kappa shape index (κ3) is 3.42. The second-order valence-corrected chi connectivity index (χ2v) is 4.88. The lowest BCUT2D eigenvalue weighted by Crippen LogP contribution is -2.52. The molecule has 0 aromatic heterocycles. The number of urea groups is 1. The van der Waals surface area contributed by atoms with Crippen LogP contribution in [-0.4, -0.2) is 41.7 Å². The predicted molar refractivity (Wildman–Crippen MR) is 76.2 cm³/mol. The highest BCUT2D eigenvalue weighted by molar-refractivity contribution is 5.94. The Morgan fingerprint density at radius 2 is 2.05 bits per heavy atom. The van der Waals surface area contributed by atoms with Gasteiger partial charge in [-0.1, -0.05) is 0 Å². The number of ether oxygens (including phenoxy) is 1. The number of anilines is 1. The first-order valence-electron chi connectivity index (χ1n) is 6.10. The number of amides is 2. The minimum absolute atomic E-state index is 0.323. The lowest BCUT2D eigenvalue weighted by atomic mass is 10.0. The third-order valence-corrected chi connectivity index (χ3v) is 3.24. The number of rotatable bonds is 4. The van der Waals surface area contributed by atoms with Gasteiger partial charge in [-0.2, -0.15) is 5.26 Å². The number of hydrogen-bond donors (Lipinski definition) is 2. The number of carboxylic acid groups (broad SMARTS) is 1. The largest absolute Gasteiger partial charge is 0.495 e. The number of aliphatic carboxylic acids is 1. The van der Waals surface area contributed by atoms with E-state index in [-0.39, 0.29) is 0 Å². The summed E-state index contributed by atoms with van der Waals surface area (Å²) in [5.41, 5.74) is -0.609. The van der Waals surface area contributed by atoms with E-state index in [4.69, 9.17) is 15.1 Å². The van der Waals surface area contributed by atoms with Gasteiger partial charge in [-0.25, -0.2) is 9.59 Å². The number of hydrogen-bond acceptors (Lipinski definition) is 4. The lowest BCUT2D eigenvalue weighted by molar-refractivity contribution is -0.146. The van der Waals surface area contributed by atoms with Crippen LogP contribution in [0, 0.1) is 11.3 Å². The topological polar surface area (TPSA) is 103 Å². The van der Waals surface area contributed by atoms with Crippen molar-refractivity contribution >= 4 is 17.7 Å². The summed E-state index contributed by atoms with van der Waals surface area (Å²) in [5, 5.41) is 20.5. The van der Waals surface area contributed by atoms with Crippen molar-refractivity contribution in [3.05, 3.63) is 23.8 Å². The van der Waals surface area contributed by atoms with E-state index in [2.05, 4.69) is 5.32 Å². The molecule has 1 rings (SSSR count). The minimum Gasteiger partial charge on any atom is -0.495 e. The van der Waals surface area contributed by atoms with Gasteiger partial charge in [0, 0.05) is 13.1 Å². The van der Waals surface area contributed by atoms with Gasteiger partial charge in [-0.15, -0.1) is 0 Å². The number of benzene rings is 1. The minimum atomic E-state index is -1.36. The van der Waals surface area contributed by atoms with Crippen LogP contribution in [-0.2, 0) is 4.79 Å². The van der Waals surface area contributed by atoms with Gasteiger partial charge in [0.15, 0.2) is 0 Å². The molecule has 0 atom stereocenters. The molecule has 112 valence electrons. The molecule has 0 spiro atoms. The third-order valence-electron chi connectivity index (χ3n) is 3.24. The lowest BCUT2D eigenvalue weighted by Gasteiger charge is -2.31. The first kappa shape index (κ1) is 16.3. The molecule has 7 nitrogen and oxygen atoms in total. The zero-order valence-electron chi connectivity index (χ0n) is 12.3. The smallest absolute Gasteiger partial charge is 0.329 e. The summed E-state index contributed by atoms with van der Waals surface area (Å²) < 4.78 is 5.10. The van der Waals surface area contributed by atoms with Crippen LogP contribution in [0.4, 0.5) is 10.5 Å². The molecule has 0 aliphatic heterocycles. The number of carboxylic acids is 1. The summed E-state index contributed by atoms with van der Waals surface area (Å²) in [5.74, 6) is -0.795. The van der Waals surface area contributed by atoms with Crippen LogP contribution in [0.5, 0.6) is 5.75 Å². The molecular weight excluding hydrogens is 274 g/mol. The molecule has 0 unspecified atom stereocenters. The average molecular weight is 291 g/mol. The molecule has 21 heavy (non-hydrogen) atoms. The van der Waals surface area contributed by atoms with Crippen molar-refractivity contribution < 1.29 is 19.4 Å². The molecule has 1 aromatic rings. The SMILES string of the molecule is COc1cc(C#N)ccc1NC(=O)N(C)C(C)(C)C(=O)O. The number of nitrogens with one attached hydrogen (secondary N) is 1. The number of nitriles is 1. The van der Waals surface area contributed by atoms with Gasteiger partial charge in [0.25, 0.3) is 0 Å². The normalized spacial score (nSPS) is 10.4. The van der Waals surface area contributed by atoms with Crippen molar-refractivity contribution in [3.63, 3.8) is 0 Å². The fourth-order valence-electron chi connectivity index (χ4n) is 1.46. The molecular formula is C14H17N3O4. The van der Waals surface area contributed by atoms with E-state index < -0.39 is 17.5 Å². The van der Waals surface area contributed by atoms with Crippen LogP contribution in [0.2, 0.25) is 0 Å². The van der Waals surface area contributed by atoms with Crippen molar-refractivity contribution in [3.8, 4) is 11.8 Å². The standard InChI is InChI=1S/C14H17N3O4/c1-14(2,12(18)19)17(3)13(20)16-10-6-5-9(8-15)7-11(10)21-4/h5-7H,1-4H3,(H,16,20)(H,18,19). The molecule has 0 bridgehead atoms. The van der Waals surface area contributed by atoms with Crippen molar-refractivity contribution in [1.82, 2.24) is 4.90 Å². The van der Waals surface area contributed by atoms with Gasteiger partial charge in [-0.05, 0) is 26.0 Å². The molecule has 0 aliphatic carbocycles. The van der Waals surface area contributed by atoms with E-state index in [1.54, 1.807) is 0 Å². The summed E-state index contributed by atoms with van der Waals surface area (Å²) in [6.45, 7) is 2.84. The van der Waals surface area contributed by atoms with Gasteiger partial charge in [0.1, 0.15) is 11.3 Å². The summed E-state index contributed by atoms with van der Waals surface area (Å²) >= 11 is 0. The van der Waals surface area contributed by atoms with Crippen LogP contribution in [0.3, 0.4) is 0 Å². The van der Waals surface area contributed by atoms with E-state index in [9.17, 15) is 9.59 Å². The van der Waals surface area contributed by atoms with Crippen molar-refractivity contribution in [2.24, 2.45) is 0 Å². The zero-order chi connectivity index (χ0) is 16.2. The number of likely N-dealkylation sites (N-methyl/N-ethyl adjacent to an activating group) is 1. The molecule has 0 aliphatic rings. The highest BCUT2D eigenvalue weighted by atomic mass is 16.5. The van der Waals surface area contributed by atoms with Gasteiger partial charge >= 0.3 is 12.0 Å². The molecule has 1 aromatic carbocycles. The number of nitrogens with zero attached hydrogens (tertiary/aromatic N) is 2. The molecule has 0 heterocycles. The van der Waals surface area contributed by atoms with Crippen molar-refractivity contribution in [2.75, 3.05) is 19.5 Å². The van der Waals surface area contributed by atoms with Gasteiger partial charge in [0.05, 0.1) is 24.4 Å². The molecule has 0 fully saturated rings. The highest BCUT2D eigenvalue weighted by Crippen LogP contribution is 2.26. The summed E-state index contributed by atoms with van der Waals surface area (Å²) in [6, 6.07) is 5.91. The monoisotopic (exact) mass is 291 g/mol. The zero-order valence-corrected chi connectivity index (χ0v) is 12.3. The Bertz CT molecular complexity index is 605. The molecule has 7 heteroatoms. The Balaban J connectivity index is 2.99. The van der Waals surface area contributed by atoms with Crippen LogP contribution in [0.1, 0.15) is 19.4 Å². The molecule has 0 radical (unpaired) electrons. The second kappa shape index (κ2) is 6.13. The number of carbonyl (C=O) groups is 2. The Morgan fingerprint density at radius 3 is 2.52 bits per heavy atom. The van der Waals surface area contributed by atoms with Crippen LogP contribution in [0.25, 0.3) is 0 Å². The van der Waals surface area contributed by atoms with Crippen LogP contribution >= 0.6 is 0 Å². The van der Waals surface area contributed by atoms with Crippen LogP contribution < -0.4 is 10.1 Å². The fourth-order valence-corrected chi connectivity index (χ4v) is 1.46. The van der Waals surface area contributed by atoms with E-state index >= 15 is 0 Å². The summed E-state index contributed by atoms with van der Waals surface area (Å²) in [4.78, 5) is 24.3. The van der Waals surface area contributed by atoms with E-state index in [1.807, 2.05) is 6.07 Å². The Kier molecular flexibility index (Phi) is 4.76. The maximum atomic E-state index is 12.1. The van der Waals surface area contributed by atoms with Gasteiger partial charge in [-0.3, -0.25) is 0 Å². The fraction of sp³-hybridized carbons (Fsp3) is 0.357. The van der Waals surface area contributed by atoms with Gasteiger partial charge in [0.2, 0.25) is 0 Å². The number of carbonyl (C=O) groups excluding carboxylic acids is 1. The van der Waals surface area contributed by atoms with Crippen molar-refractivity contribution in [2.45, 2.75) is 19.4 Å². The number of methoxy groups -OCH3 is 1. The second-order valence-electron chi connectivity index (χ2n) is 4.88. The Hall–Kier alpha value is -2.75. The first-order valence-corrected chi connectivity index (χ1v) is 6.10. The van der Waals surface area contributed by atoms with Crippen LogP contribution in [0.15, 0.2) is 18.2 Å². The quantitative estimate of drug-likeness (QED) is 0.881. The highest BCUT2D eigenvalue weighted by Gasteiger charge is 2.35. The maximum Gasteiger partial charge on any atom is 0.329 e. The van der Waals surface area contributed by atoms with E-state index in [1.165, 1.54) is 46.2 Å². The molecule has 2 N–H and O–H groups in total. The molecule has 0 saturated heterocycles. The maximum absolute atomic E-state index is 12.1. The average Bonchev–Trinajstić information content (AvgIpc) is 2.46.